The molecule has 2 aromatic rings. The largest absolute Gasteiger partial charge is 0.389 e. The van der Waals surface area contributed by atoms with Crippen molar-refractivity contribution >= 4 is 29.4 Å². The molecule has 0 saturated heterocycles. The van der Waals surface area contributed by atoms with E-state index in [0.717, 1.165) is 33.6 Å². The van der Waals surface area contributed by atoms with E-state index in [-0.39, 0.29) is 5.56 Å². The summed E-state index contributed by atoms with van der Waals surface area (Å²) in [7, 11) is 1.86. The van der Waals surface area contributed by atoms with Gasteiger partial charge in [0.25, 0.3) is 5.56 Å². The van der Waals surface area contributed by atoms with Crippen LogP contribution in [-0.2, 0) is 7.05 Å². The first-order valence-electron chi connectivity index (χ1n) is 6.87. The Morgan fingerprint density at radius 3 is 2.27 bits per heavy atom. The minimum absolute atomic E-state index is 0.130. The van der Waals surface area contributed by atoms with Crippen molar-refractivity contribution in [1.29, 1.82) is 0 Å². The Morgan fingerprint density at radius 2 is 1.73 bits per heavy atom. The van der Waals surface area contributed by atoms with Crippen molar-refractivity contribution in [2.75, 3.05) is 0 Å². The van der Waals surface area contributed by atoms with Gasteiger partial charge in [0.1, 0.15) is 4.99 Å². The first-order valence-corrected chi connectivity index (χ1v) is 7.69. The maximum Gasteiger partial charge on any atom is 0.259 e. The Labute approximate surface area is 140 Å². The topological polar surface area (TPSA) is 52.9 Å². The predicted octanol–water partition coefficient (Wildman–Crippen LogP) is 2.77. The summed E-state index contributed by atoms with van der Waals surface area (Å²) >= 11 is 10.6. The van der Waals surface area contributed by atoms with Crippen LogP contribution in [0, 0.1) is 32.5 Å². The molecule has 0 bridgehead atoms. The lowest BCUT2D eigenvalue weighted by molar-refractivity contribution is 0.740. The molecule has 1 aromatic heterocycles. The highest BCUT2D eigenvalue weighted by atomic mass is 32.1. The predicted molar refractivity (Wildman–Crippen MR) is 96.7 cm³/mol. The first-order chi connectivity index (χ1) is 10.2. The maximum atomic E-state index is 12.5. The molecule has 0 unspecified atom stereocenters. The van der Waals surface area contributed by atoms with E-state index < -0.39 is 0 Å². The van der Waals surface area contributed by atoms with Crippen LogP contribution in [-0.4, -0.2) is 14.1 Å². The van der Waals surface area contributed by atoms with Crippen LogP contribution in [0.4, 0.5) is 0 Å². The van der Waals surface area contributed by atoms with Crippen LogP contribution in [0.5, 0.6) is 0 Å². The zero-order chi connectivity index (χ0) is 16.8. The number of hydrogen-bond acceptors (Lipinski definition) is 3. The number of nitrogens with zero attached hydrogens (tertiary/aromatic N) is 2. The third-order valence-corrected chi connectivity index (χ3v) is 4.78. The van der Waals surface area contributed by atoms with E-state index in [0.29, 0.717) is 9.76 Å². The summed E-state index contributed by atoms with van der Waals surface area (Å²) in [6.45, 7) is 7.71. The van der Waals surface area contributed by atoms with Crippen molar-refractivity contribution in [3.63, 3.8) is 0 Å². The summed E-state index contributed by atoms with van der Waals surface area (Å²) in [6.07, 6.45) is 0. The van der Waals surface area contributed by atoms with Gasteiger partial charge < -0.3 is 10.3 Å². The van der Waals surface area contributed by atoms with E-state index in [1.165, 1.54) is 0 Å². The molecular formula is C16H19N3OS2. The third-order valence-electron chi connectivity index (χ3n) is 4.11. The molecule has 6 heteroatoms. The monoisotopic (exact) mass is 333 g/mol. The van der Waals surface area contributed by atoms with Crippen molar-refractivity contribution < 1.29 is 0 Å². The van der Waals surface area contributed by atoms with E-state index in [9.17, 15) is 4.79 Å². The molecule has 0 fully saturated rings. The third kappa shape index (κ3) is 2.53. The molecule has 0 saturated carbocycles. The van der Waals surface area contributed by atoms with Gasteiger partial charge in [-0.05, 0) is 62.7 Å². The molecule has 0 aliphatic rings. The summed E-state index contributed by atoms with van der Waals surface area (Å²) in [6, 6.07) is 3.51. The lowest BCUT2D eigenvalue weighted by Gasteiger charge is -2.19. The van der Waals surface area contributed by atoms with Gasteiger partial charge in [0.05, 0.1) is 5.69 Å². The van der Waals surface area contributed by atoms with E-state index in [4.69, 9.17) is 30.2 Å². The van der Waals surface area contributed by atoms with Gasteiger partial charge in [0, 0.05) is 24.4 Å². The molecule has 2 rings (SSSR count). The Hall–Kier alpha value is -1.79. The van der Waals surface area contributed by atoms with E-state index in [1.807, 2.05) is 45.4 Å². The molecule has 2 N–H and O–H groups in total. The molecule has 0 aliphatic heterocycles. The van der Waals surface area contributed by atoms with E-state index in [1.54, 1.807) is 10.6 Å². The summed E-state index contributed by atoms with van der Waals surface area (Å²) in [5.41, 5.74) is 11.0. The number of hydrogen-bond donors (Lipinski definition) is 1. The summed E-state index contributed by atoms with van der Waals surface area (Å²) < 4.78 is 3.87. The normalized spacial score (nSPS) is 10.8. The molecule has 0 aliphatic carbocycles. The zero-order valence-corrected chi connectivity index (χ0v) is 15.0. The van der Waals surface area contributed by atoms with Gasteiger partial charge in [-0.15, -0.1) is 0 Å². The van der Waals surface area contributed by atoms with Crippen molar-refractivity contribution in [2.45, 2.75) is 27.7 Å². The van der Waals surface area contributed by atoms with Crippen LogP contribution >= 0.6 is 24.4 Å². The Bertz CT molecular complexity index is 907. The molecule has 1 heterocycles. The minimum atomic E-state index is -0.130. The molecule has 0 amide bonds. The van der Waals surface area contributed by atoms with Crippen molar-refractivity contribution in [3.05, 3.63) is 55.2 Å². The van der Waals surface area contributed by atoms with Gasteiger partial charge in [-0.25, -0.2) is 0 Å². The molecule has 22 heavy (non-hydrogen) atoms. The highest BCUT2D eigenvalue weighted by Gasteiger charge is 2.16. The zero-order valence-electron chi connectivity index (χ0n) is 13.4. The second-order valence-electron chi connectivity index (χ2n) is 5.50. The van der Waals surface area contributed by atoms with Crippen molar-refractivity contribution in [2.24, 2.45) is 12.8 Å². The van der Waals surface area contributed by atoms with Crippen LogP contribution in [0.3, 0.4) is 0 Å². The van der Waals surface area contributed by atoms with Gasteiger partial charge >= 0.3 is 0 Å². The SMILES string of the molecule is Cc1cc(C(N)=S)c(C)c(C)c1-n1c(=O)cc(C)n(C)c1=S. The summed E-state index contributed by atoms with van der Waals surface area (Å²) in [5, 5.41) is 0. The lowest BCUT2D eigenvalue weighted by atomic mass is 9.97. The summed E-state index contributed by atoms with van der Waals surface area (Å²) in [5.74, 6) is 0. The van der Waals surface area contributed by atoms with Gasteiger partial charge in [0.2, 0.25) is 0 Å². The second-order valence-corrected chi connectivity index (χ2v) is 6.31. The Balaban J connectivity index is 2.95. The molecule has 0 spiro atoms. The number of thiocarbonyl (C=S) groups is 1. The number of benzene rings is 1. The van der Waals surface area contributed by atoms with E-state index >= 15 is 0 Å². The Kier molecular flexibility index (Phi) is 4.35. The lowest BCUT2D eigenvalue weighted by Crippen LogP contribution is -2.25. The van der Waals surface area contributed by atoms with E-state index in [2.05, 4.69) is 0 Å². The number of nitrogens with two attached hydrogens (primary N) is 1. The molecule has 4 nitrogen and oxygen atoms in total. The highest BCUT2D eigenvalue weighted by Crippen LogP contribution is 2.25. The first kappa shape index (κ1) is 16.6. The molecule has 0 radical (unpaired) electrons. The molecule has 1 aromatic carbocycles. The van der Waals surface area contributed by atoms with Crippen molar-refractivity contribution in [3.8, 4) is 5.69 Å². The average Bonchev–Trinajstić information content (AvgIpc) is 2.43. The van der Waals surface area contributed by atoms with Crippen LogP contribution in [0.25, 0.3) is 5.69 Å². The molecular weight excluding hydrogens is 314 g/mol. The number of aromatic nitrogens is 2. The fraction of sp³-hybridized carbons (Fsp3) is 0.312. The number of rotatable bonds is 2. The standard InChI is InChI=1S/C16H19N3OS2/c1-8-6-12(15(17)21)10(3)11(4)14(8)19-13(20)7-9(2)18(5)16(19)22/h6-7H,1-5H3,(H2,17,21). The van der Waals surface area contributed by atoms with Crippen LogP contribution in [0.1, 0.15) is 27.9 Å². The van der Waals surface area contributed by atoms with Gasteiger partial charge in [-0.1, -0.05) is 12.2 Å². The van der Waals surface area contributed by atoms with Crippen LogP contribution in [0.2, 0.25) is 0 Å². The van der Waals surface area contributed by atoms with Crippen LogP contribution < -0.4 is 11.3 Å². The molecule has 116 valence electrons. The van der Waals surface area contributed by atoms with Gasteiger partial charge in [-0.2, -0.15) is 0 Å². The average molecular weight is 333 g/mol. The van der Waals surface area contributed by atoms with Gasteiger partial charge in [-0.3, -0.25) is 9.36 Å². The smallest absolute Gasteiger partial charge is 0.259 e. The summed E-state index contributed by atoms with van der Waals surface area (Å²) in [4.78, 5) is 12.8. The minimum Gasteiger partial charge on any atom is -0.389 e. The quantitative estimate of drug-likeness (QED) is 0.859. The number of aryl methyl sites for hydroxylation is 2. The fourth-order valence-electron chi connectivity index (χ4n) is 2.61. The highest BCUT2D eigenvalue weighted by molar-refractivity contribution is 7.80. The van der Waals surface area contributed by atoms with Gasteiger partial charge in [0.15, 0.2) is 4.77 Å². The second kappa shape index (κ2) is 5.78. The van der Waals surface area contributed by atoms with Crippen molar-refractivity contribution in [1.82, 2.24) is 9.13 Å². The molecule has 0 atom stereocenters. The van der Waals surface area contributed by atoms with Crippen LogP contribution in [0.15, 0.2) is 16.9 Å². The fourth-order valence-corrected chi connectivity index (χ4v) is 3.15. The Morgan fingerprint density at radius 1 is 1.14 bits per heavy atom. The maximum absolute atomic E-state index is 12.5.